The van der Waals surface area contributed by atoms with Crippen molar-refractivity contribution in [3.8, 4) is 22.8 Å². The Morgan fingerprint density at radius 1 is 1.18 bits per heavy atom. The summed E-state index contributed by atoms with van der Waals surface area (Å²) in [5.41, 5.74) is 8.48. The predicted molar refractivity (Wildman–Crippen MR) is 124 cm³/mol. The number of nitrogen functional groups attached to an aromatic ring is 1. The highest BCUT2D eigenvalue weighted by molar-refractivity contribution is 5.98. The van der Waals surface area contributed by atoms with Gasteiger partial charge in [-0.15, -0.1) is 0 Å². The first kappa shape index (κ1) is 20.5. The summed E-state index contributed by atoms with van der Waals surface area (Å²) in [7, 11) is 0. The van der Waals surface area contributed by atoms with Crippen molar-refractivity contribution in [3.63, 3.8) is 0 Å². The number of nitrogens with zero attached hydrogens (tertiary/aromatic N) is 5. The molecular weight excluding hydrogens is 416 g/mol. The molecular formula is C25H22N6O2. The number of benzene rings is 1. The van der Waals surface area contributed by atoms with Gasteiger partial charge in [0.15, 0.2) is 5.65 Å². The van der Waals surface area contributed by atoms with E-state index in [-0.39, 0.29) is 11.9 Å². The average molecular weight is 438 g/mol. The predicted octanol–water partition coefficient (Wildman–Crippen LogP) is 3.82. The number of piperidine rings is 1. The van der Waals surface area contributed by atoms with Crippen LogP contribution in [0.15, 0.2) is 61.4 Å². The third-order valence-electron chi connectivity index (χ3n) is 5.74. The Bertz CT molecular complexity index is 1300. The summed E-state index contributed by atoms with van der Waals surface area (Å²) in [5, 5.41) is 5.60. The smallest absolute Gasteiger partial charge is 0.246 e. The van der Waals surface area contributed by atoms with Gasteiger partial charge in [0.2, 0.25) is 5.91 Å². The number of rotatable bonds is 5. The fourth-order valence-corrected chi connectivity index (χ4v) is 4.15. The minimum absolute atomic E-state index is 0.0121. The van der Waals surface area contributed by atoms with Gasteiger partial charge in [-0.2, -0.15) is 5.10 Å². The van der Waals surface area contributed by atoms with E-state index in [1.807, 2.05) is 35.0 Å². The zero-order chi connectivity index (χ0) is 22.8. The molecule has 8 nitrogen and oxygen atoms in total. The van der Waals surface area contributed by atoms with Crippen LogP contribution in [0.5, 0.6) is 11.5 Å². The van der Waals surface area contributed by atoms with Gasteiger partial charge in [-0.25, -0.2) is 14.6 Å². The van der Waals surface area contributed by atoms with Gasteiger partial charge in [0.25, 0.3) is 0 Å². The Kier molecular flexibility index (Phi) is 5.37. The number of hydrogen-bond acceptors (Lipinski definition) is 6. The van der Waals surface area contributed by atoms with Crippen molar-refractivity contribution in [2.75, 3.05) is 18.8 Å². The molecule has 0 aliphatic carbocycles. The van der Waals surface area contributed by atoms with Gasteiger partial charge in [0.1, 0.15) is 29.3 Å². The molecule has 2 aromatic heterocycles. The Morgan fingerprint density at radius 2 is 2.03 bits per heavy atom. The van der Waals surface area contributed by atoms with Gasteiger partial charge in [-0.1, -0.05) is 18.7 Å². The number of fused-ring (bicyclic) bond motifs is 1. The van der Waals surface area contributed by atoms with Crippen molar-refractivity contribution in [3.05, 3.63) is 73.6 Å². The van der Waals surface area contributed by atoms with E-state index in [0.717, 1.165) is 18.4 Å². The van der Waals surface area contributed by atoms with Gasteiger partial charge >= 0.3 is 0 Å². The summed E-state index contributed by atoms with van der Waals surface area (Å²) >= 11 is 0. The Balaban J connectivity index is 1.50. The molecule has 0 spiro atoms. The molecule has 33 heavy (non-hydrogen) atoms. The van der Waals surface area contributed by atoms with Crippen molar-refractivity contribution >= 4 is 22.8 Å². The third kappa shape index (κ3) is 3.96. The topological polar surface area (TPSA) is 99.2 Å². The Labute approximate surface area is 191 Å². The monoisotopic (exact) mass is 438 g/mol. The number of carbonyl (C=O) groups is 1. The van der Waals surface area contributed by atoms with Crippen LogP contribution in [0.4, 0.5) is 5.82 Å². The number of likely N-dealkylation sites (tertiary alicyclic amines) is 1. The second kappa shape index (κ2) is 8.63. The summed E-state index contributed by atoms with van der Waals surface area (Å²) < 4.78 is 7.73. The number of carbonyl (C=O) groups excluding carboxylic acids is 1. The number of hydrogen-bond donors (Lipinski definition) is 1. The van der Waals surface area contributed by atoms with Crippen LogP contribution in [0.25, 0.3) is 22.3 Å². The first-order valence-corrected chi connectivity index (χ1v) is 10.7. The molecule has 0 bridgehead atoms. The van der Waals surface area contributed by atoms with E-state index in [1.54, 1.807) is 17.0 Å². The minimum atomic E-state index is -0.0741. The number of amides is 1. The quantitative estimate of drug-likeness (QED) is 0.476. The molecule has 4 aromatic rings. The molecule has 2 N–H and O–H groups in total. The normalized spacial score (nSPS) is 15.8. The maximum Gasteiger partial charge on any atom is 0.246 e. The highest BCUT2D eigenvalue weighted by Crippen LogP contribution is 2.34. The molecule has 3 heterocycles. The molecule has 1 fully saturated rings. The first-order chi connectivity index (χ1) is 16.1. The van der Waals surface area contributed by atoms with E-state index in [4.69, 9.17) is 15.6 Å². The molecule has 2 aromatic carbocycles. The van der Waals surface area contributed by atoms with Gasteiger partial charge in [-0.3, -0.25) is 4.79 Å². The second-order valence-corrected chi connectivity index (χ2v) is 7.83. The van der Waals surface area contributed by atoms with Crippen LogP contribution in [0.2, 0.25) is 0 Å². The van der Waals surface area contributed by atoms with Crippen LogP contribution in [0.3, 0.4) is 0 Å². The molecule has 1 amide bonds. The van der Waals surface area contributed by atoms with Crippen molar-refractivity contribution in [2.45, 2.75) is 18.9 Å². The van der Waals surface area contributed by atoms with Crippen LogP contribution in [0, 0.1) is 12.1 Å². The molecule has 1 atom stereocenters. The zero-order valence-electron chi connectivity index (χ0n) is 17.9. The first-order valence-electron chi connectivity index (χ1n) is 10.7. The largest absolute Gasteiger partial charge is 0.457 e. The van der Waals surface area contributed by atoms with Crippen LogP contribution < -0.4 is 10.5 Å². The van der Waals surface area contributed by atoms with E-state index in [2.05, 4.69) is 28.7 Å². The van der Waals surface area contributed by atoms with Gasteiger partial charge in [0, 0.05) is 24.7 Å². The van der Waals surface area contributed by atoms with Crippen molar-refractivity contribution in [1.82, 2.24) is 24.6 Å². The lowest BCUT2D eigenvalue weighted by molar-refractivity contribution is -0.127. The van der Waals surface area contributed by atoms with E-state index in [1.165, 1.54) is 12.4 Å². The number of ether oxygens (including phenoxy) is 1. The summed E-state index contributed by atoms with van der Waals surface area (Å²) in [4.78, 5) is 22.6. The molecule has 0 unspecified atom stereocenters. The molecule has 1 aliphatic rings. The Morgan fingerprint density at radius 3 is 2.79 bits per heavy atom. The fourth-order valence-electron chi connectivity index (χ4n) is 4.15. The lowest BCUT2D eigenvalue weighted by Gasteiger charge is -2.32. The number of nitrogens with two attached hydrogens (primary N) is 1. The maximum atomic E-state index is 12.2. The van der Waals surface area contributed by atoms with E-state index < -0.39 is 0 Å². The van der Waals surface area contributed by atoms with Crippen LogP contribution in [0.1, 0.15) is 18.9 Å². The lowest BCUT2D eigenvalue weighted by Crippen LogP contribution is -2.40. The van der Waals surface area contributed by atoms with E-state index in [0.29, 0.717) is 47.1 Å². The minimum Gasteiger partial charge on any atom is -0.457 e. The summed E-state index contributed by atoms with van der Waals surface area (Å²) in [6.07, 6.45) is 4.56. The van der Waals surface area contributed by atoms with Gasteiger partial charge in [0.05, 0.1) is 11.4 Å². The molecule has 8 heteroatoms. The van der Waals surface area contributed by atoms with E-state index >= 15 is 0 Å². The second-order valence-electron chi connectivity index (χ2n) is 7.83. The standard InChI is InChI=1S/C25H22N6O2/c1-2-21(32)30-14-6-7-18(15-30)31-25-22(24(26)27-16-28-25)23(29-31)17-10-12-20(13-11-17)33-19-8-4-3-5-9-19/h2,4,8-13,16,18H,1,6-7,14-15H2,(H2,26,27,28)/t18-/m1/s1. The van der Waals surface area contributed by atoms with Gasteiger partial charge < -0.3 is 15.4 Å². The fraction of sp³-hybridized carbons (Fsp3) is 0.200. The maximum absolute atomic E-state index is 12.2. The highest BCUT2D eigenvalue weighted by atomic mass is 16.5. The number of anilines is 1. The molecule has 164 valence electrons. The summed E-state index contributed by atoms with van der Waals surface area (Å²) in [6, 6.07) is 18.6. The molecule has 1 aliphatic heterocycles. The third-order valence-corrected chi connectivity index (χ3v) is 5.74. The lowest BCUT2D eigenvalue weighted by atomic mass is 10.1. The summed E-state index contributed by atoms with van der Waals surface area (Å²) in [5.74, 6) is 1.67. The van der Waals surface area contributed by atoms with Gasteiger partial charge in [-0.05, 0) is 55.3 Å². The van der Waals surface area contributed by atoms with Crippen LogP contribution >= 0.6 is 0 Å². The molecule has 0 radical (unpaired) electrons. The summed E-state index contributed by atoms with van der Waals surface area (Å²) in [6.45, 7) is 4.86. The van der Waals surface area contributed by atoms with Crippen LogP contribution in [-0.4, -0.2) is 43.6 Å². The average Bonchev–Trinajstić information content (AvgIpc) is 3.26. The molecule has 0 saturated carbocycles. The van der Waals surface area contributed by atoms with Crippen molar-refractivity contribution < 1.29 is 9.53 Å². The molecule has 5 rings (SSSR count). The zero-order valence-corrected chi connectivity index (χ0v) is 17.9. The van der Waals surface area contributed by atoms with Crippen molar-refractivity contribution in [1.29, 1.82) is 0 Å². The van der Waals surface area contributed by atoms with Crippen LogP contribution in [-0.2, 0) is 4.79 Å². The molecule has 1 saturated heterocycles. The highest BCUT2D eigenvalue weighted by Gasteiger charge is 2.28. The SMILES string of the molecule is C=CC(=O)N1CCC[C@@H](n2nc(-c3ccc(Oc4cc#ccc4)cc3)c3c(N)ncnc32)C1. The van der Waals surface area contributed by atoms with E-state index in [9.17, 15) is 4.79 Å². The Hall–Kier alpha value is -4.38. The number of aromatic nitrogens is 4. The van der Waals surface area contributed by atoms with Crippen molar-refractivity contribution in [2.24, 2.45) is 0 Å².